The maximum absolute atomic E-state index is 11.9. The summed E-state index contributed by atoms with van der Waals surface area (Å²) in [6, 6.07) is 2.10. The first kappa shape index (κ1) is 18.8. The normalized spacial score (nSPS) is 14.8. The second kappa shape index (κ2) is 9.09. The zero-order valence-electron chi connectivity index (χ0n) is 14.2. The number of benzene rings is 1. The van der Waals surface area contributed by atoms with Gasteiger partial charge in [-0.15, -0.1) is 0 Å². The molecule has 1 saturated heterocycles. The van der Waals surface area contributed by atoms with E-state index in [1.54, 1.807) is 6.07 Å². The van der Waals surface area contributed by atoms with E-state index in [0.717, 1.165) is 39.3 Å². The fourth-order valence-electron chi connectivity index (χ4n) is 2.58. The van der Waals surface area contributed by atoms with Crippen molar-refractivity contribution in [2.24, 2.45) is 5.73 Å². The van der Waals surface area contributed by atoms with E-state index >= 15 is 0 Å². The molecule has 1 fully saturated rings. The number of nitrogens with one attached hydrogen (secondary N) is 1. The van der Waals surface area contributed by atoms with Crippen LogP contribution in [0.15, 0.2) is 12.1 Å². The summed E-state index contributed by atoms with van der Waals surface area (Å²) in [5.41, 5.74) is 11.1. The number of amides is 3. The minimum absolute atomic E-state index is 0.0897. The molecule has 0 saturated carbocycles. The van der Waals surface area contributed by atoms with Crippen molar-refractivity contribution >= 4 is 17.6 Å². The average molecular weight is 352 g/mol. The number of urea groups is 1. The predicted octanol–water partition coefficient (Wildman–Crippen LogP) is 0.187. The van der Waals surface area contributed by atoms with Gasteiger partial charge in [0.05, 0.1) is 38.2 Å². The molecule has 3 amide bonds. The lowest BCUT2D eigenvalue weighted by molar-refractivity contribution is 0.0357. The van der Waals surface area contributed by atoms with Crippen LogP contribution in [0, 0.1) is 0 Å². The Bertz CT molecular complexity index is 617. The Labute approximate surface area is 146 Å². The van der Waals surface area contributed by atoms with E-state index in [0.29, 0.717) is 12.4 Å². The molecule has 0 unspecified atom stereocenters. The van der Waals surface area contributed by atoms with E-state index in [9.17, 15) is 9.59 Å². The van der Waals surface area contributed by atoms with Crippen LogP contribution in [0.5, 0.6) is 11.5 Å². The molecule has 1 heterocycles. The number of carbonyl (C=O) groups is 2. The first-order valence-corrected chi connectivity index (χ1v) is 8.03. The highest BCUT2D eigenvalue weighted by molar-refractivity contribution is 6.07. The molecule has 138 valence electrons. The molecule has 9 nitrogen and oxygen atoms in total. The van der Waals surface area contributed by atoms with Gasteiger partial charge in [0, 0.05) is 19.6 Å². The highest BCUT2D eigenvalue weighted by atomic mass is 16.5. The molecule has 25 heavy (non-hydrogen) atoms. The number of anilines is 1. The molecule has 5 N–H and O–H groups in total. The third-order valence-corrected chi connectivity index (χ3v) is 3.83. The van der Waals surface area contributed by atoms with Crippen molar-refractivity contribution in [3.05, 3.63) is 17.7 Å². The number of nitrogens with two attached hydrogens (primary N) is 2. The second-order valence-electron chi connectivity index (χ2n) is 5.53. The Morgan fingerprint density at radius 1 is 1.32 bits per heavy atom. The summed E-state index contributed by atoms with van der Waals surface area (Å²) < 4.78 is 16.3. The Kier molecular flexibility index (Phi) is 6.84. The molecular weight excluding hydrogens is 328 g/mol. The fraction of sp³-hybridized carbons (Fsp3) is 0.500. The standard InChI is InChI=1S/C16H24N4O5/c1-23-14-12(25-8-2-5-20-6-9-24-10-7-20)4-3-11(13(14)17)15(21)19-16(18)22/h3-4H,2,5-10,17H2,1H3,(H3,18,19,21,22). The molecular formula is C16H24N4O5. The Balaban J connectivity index is 1.94. The van der Waals surface area contributed by atoms with Crippen molar-refractivity contribution in [2.45, 2.75) is 6.42 Å². The summed E-state index contributed by atoms with van der Waals surface area (Å²) in [7, 11) is 1.43. The maximum Gasteiger partial charge on any atom is 0.319 e. The van der Waals surface area contributed by atoms with Crippen LogP contribution in [0.4, 0.5) is 10.5 Å². The molecule has 0 radical (unpaired) electrons. The van der Waals surface area contributed by atoms with Crippen LogP contribution in [-0.4, -0.2) is 63.4 Å². The van der Waals surface area contributed by atoms with Gasteiger partial charge in [-0.3, -0.25) is 15.0 Å². The Morgan fingerprint density at radius 2 is 2.04 bits per heavy atom. The molecule has 0 atom stereocenters. The second-order valence-corrected chi connectivity index (χ2v) is 5.53. The predicted molar refractivity (Wildman–Crippen MR) is 91.8 cm³/mol. The number of nitrogens with zero attached hydrogens (tertiary/aromatic N) is 1. The summed E-state index contributed by atoms with van der Waals surface area (Å²) >= 11 is 0. The van der Waals surface area contributed by atoms with Crippen LogP contribution in [0.1, 0.15) is 16.8 Å². The smallest absolute Gasteiger partial charge is 0.319 e. The van der Waals surface area contributed by atoms with Gasteiger partial charge in [0.15, 0.2) is 11.5 Å². The highest BCUT2D eigenvalue weighted by Crippen LogP contribution is 2.36. The van der Waals surface area contributed by atoms with Gasteiger partial charge in [-0.1, -0.05) is 0 Å². The molecule has 1 aliphatic rings. The molecule has 2 rings (SSSR count). The van der Waals surface area contributed by atoms with Gasteiger partial charge < -0.3 is 25.7 Å². The van der Waals surface area contributed by atoms with Crippen molar-refractivity contribution in [2.75, 3.05) is 52.3 Å². The van der Waals surface area contributed by atoms with Crippen LogP contribution >= 0.6 is 0 Å². The van der Waals surface area contributed by atoms with Gasteiger partial charge >= 0.3 is 6.03 Å². The summed E-state index contributed by atoms with van der Waals surface area (Å²) in [6.07, 6.45) is 0.840. The Hall–Kier alpha value is -2.52. The van der Waals surface area contributed by atoms with E-state index < -0.39 is 11.9 Å². The van der Waals surface area contributed by atoms with Crippen molar-refractivity contribution < 1.29 is 23.8 Å². The van der Waals surface area contributed by atoms with Crippen LogP contribution < -0.4 is 26.3 Å². The van der Waals surface area contributed by atoms with E-state index in [4.69, 9.17) is 25.7 Å². The number of hydrogen-bond donors (Lipinski definition) is 3. The van der Waals surface area contributed by atoms with E-state index in [2.05, 4.69) is 4.90 Å². The third-order valence-electron chi connectivity index (χ3n) is 3.83. The first-order valence-electron chi connectivity index (χ1n) is 8.03. The van der Waals surface area contributed by atoms with Gasteiger partial charge in [0.2, 0.25) is 0 Å². The number of rotatable bonds is 7. The SMILES string of the molecule is COc1c(OCCCN2CCOCC2)ccc(C(=O)NC(N)=O)c1N. The zero-order valence-corrected chi connectivity index (χ0v) is 14.2. The number of primary amides is 1. The first-order chi connectivity index (χ1) is 12.0. The van der Waals surface area contributed by atoms with E-state index in [-0.39, 0.29) is 17.0 Å². The number of hydrogen-bond acceptors (Lipinski definition) is 7. The number of methoxy groups -OCH3 is 1. The fourth-order valence-corrected chi connectivity index (χ4v) is 2.58. The summed E-state index contributed by atoms with van der Waals surface area (Å²) in [5, 5.41) is 1.97. The van der Waals surface area contributed by atoms with Crippen LogP contribution in [0.3, 0.4) is 0 Å². The largest absolute Gasteiger partial charge is 0.491 e. The quantitative estimate of drug-likeness (QED) is 0.472. The average Bonchev–Trinajstić information content (AvgIpc) is 2.59. The van der Waals surface area contributed by atoms with Gasteiger partial charge in [-0.25, -0.2) is 4.79 Å². The number of imide groups is 1. The van der Waals surface area contributed by atoms with Crippen molar-refractivity contribution in [3.8, 4) is 11.5 Å². The molecule has 0 aliphatic carbocycles. The summed E-state index contributed by atoms with van der Waals surface area (Å²) in [5.74, 6) is 0.00302. The van der Waals surface area contributed by atoms with Gasteiger partial charge in [-0.2, -0.15) is 0 Å². The van der Waals surface area contributed by atoms with Crippen molar-refractivity contribution in [1.82, 2.24) is 10.2 Å². The Morgan fingerprint density at radius 3 is 2.68 bits per heavy atom. The number of ether oxygens (including phenoxy) is 3. The lowest BCUT2D eigenvalue weighted by Gasteiger charge is -2.26. The monoisotopic (exact) mass is 352 g/mol. The zero-order chi connectivity index (χ0) is 18.2. The van der Waals surface area contributed by atoms with Crippen LogP contribution in [0.2, 0.25) is 0 Å². The molecule has 0 bridgehead atoms. The topological polar surface area (TPSA) is 129 Å². The van der Waals surface area contributed by atoms with Gasteiger partial charge in [0.1, 0.15) is 0 Å². The van der Waals surface area contributed by atoms with E-state index in [1.807, 2.05) is 5.32 Å². The van der Waals surface area contributed by atoms with Gasteiger partial charge in [-0.05, 0) is 18.6 Å². The number of morpholine rings is 1. The number of carbonyl (C=O) groups excluding carboxylic acids is 2. The van der Waals surface area contributed by atoms with Crippen LogP contribution in [-0.2, 0) is 4.74 Å². The highest BCUT2D eigenvalue weighted by Gasteiger charge is 2.19. The lowest BCUT2D eigenvalue weighted by atomic mass is 10.1. The van der Waals surface area contributed by atoms with Gasteiger partial charge in [0.25, 0.3) is 5.91 Å². The maximum atomic E-state index is 11.9. The molecule has 1 aromatic rings. The summed E-state index contributed by atoms with van der Waals surface area (Å²) in [6.45, 7) is 4.79. The molecule has 9 heteroatoms. The summed E-state index contributed by atoms with van der Waals surface area (Å²) in [4.78, 5) is 25.0. The molecule has 0 aromatic heterocycles. The molecule has 0 spiro atoms. The third kappa shape index (κ3) is 5.23. The minimum Gasteiger partial charge on any atom is -0.491 e. The number of nitrogen functional groups attached to an aromatic ring is 1. The minimum atomic E-state index is -0.952. The molecule has 1 aromatic carbocycles. The van der Waals surface area contributed by atoms with E-state index in [1.165, 1.54) is 13.2 Å². The molecule has 1 aliphatic heterocycles. The van der Waals surface area contributed by atoms with Crippen molar-refractivity contribution in [3.63, 3.8) is 0 Å². The van der Waals surface area contributed by atoms with Crippen LogP contribution in [0.25, 0.3) is 0 Å². The lowest BCUT2D eigenvalue weighted by Crippen LogP contribution is -2.37. The van der Waals surface area contributed by atoms with Crippen molar-refractivity contribution in [1.29, 1.82) is 0 Å².